The summed E-state index contributed by atoms with van der Waals surface area (Å²) >= 11 is 0. The predicted octanol–water partition coefficient (Wildman–Crippen LogP) is 9.00. The number of hydrogen-bond acceptors (Lipinski definition) is 1. The van der Waals surface area contributed by atoms with Gasteiger partial charge in [-0.1, -0.05) is 64.0 Å². The van der Waals surface area contributed by atoms with Crippen LogP contribution in [0, 0.1) is 23.7 Å². The molecule has 0 bridgehead atoms. The zero-order valence-corrected chi connectivity index (χ0v) is 19.8. The second kappa shape index (κ2) is 11.9. The predicted molar refractivity (Wildman–Crippen MR) is 122 cm³/mol. The molecule has 2 saturated carbocycles. The van der Waals surface area contributed by atoms with Crippen LogP contribution in [0.15, 0.2) is 24.3 Å². The molecule has 2 fully saturated rings. The normalized spacial score (nSPS) is 26.8. The number of ether oxygens (including phenoxy) is 1. The van der Waals surface area contributed by atoms with Gasteiger partial charge in [0.2, 0.25) is 0 Å². The molecule has 0 heterocycles. The van der Waals surface area contributed by atoms with Gasteiger partial charge in [-0.2, -0.15) is 22.0 Å². The first kappa shape index (κ1) is 26.3. The summed E-state index contributed by atoms with van der Waals surface area (Å²) in [4.78, 5) is 0. The summed E-state index contributed by atoms with van der Waals surface area (Å²) in [6.45, 7) is 0.583. The molecular formula is C27H39F5O. The van der Waals surface area contributed by atoms with Crippen molar-refractivity contribution in [1.29, 1.82) is 0 Å². The van der Waals surface area contributed by atoms with Gasteiger partial charge in [-0.25, -0.2) is 0 Å². The van der Waals surface area contributed by atoms with Crippen LogP contribution in [0.3, 0.4) is 0 Å². The maximum Gasteiger partial charge on any atom is 0.456 e. The van der Waals surface area contributed by atoms with Gasteiger partial charge in [0.25, 0.3) is 0 Å². The van der Waals surface area contributed by atoms with Crippen molar-refractivity contribution < 1.29 is 26.7 Å². The molecule has 1 aromatic rings. The zero-order valence-electron chi connectivity index (χ0n) is 19.8. The Hall–Kier alpha value is -1.33. The summed E-state index contributed by atoms with van der Waals surface area (Å²) in [7, 11) is 0. The second-order valence-corrected chi connectivity index (χ2v) is 10.4. The molecule has 3 rings (SSSR count). The lowest BCUT2D eigenvalue weighted by atomic mass is 9.68. The third-order valence-electron chi connectivity index (χ3n) is 8.01. The van der Waals surface area contributed by atoms with E-state index in [1.54, 1.807) is 12.1 Å². The average molecular weight is 475 g/mol. The van der Waals surface area contributed by atoms with Crippen molar-refractivity contribution in [3.63, 3.8) is 0 Å². The van der Waals surface area contributed by atoms with Crippen LogP contribution in [-0.2, 0) is 6.42 Å². The lowest BCUT2D eigenvalue weighted by Gasteiger charge is -2.38. The Morgan fingerprint density at radius 3 is 1.76 bits per heavy atom. The molecule has 0 N–H and O–H groups in total. The summed E-state index contributed by atoms with van der Waals surface area (Å²) in [5, 5.41) is 0. The molecule has 0 amide bonds. The highest BCUT2D eigenvalue weighted by Gasteiger charge is 2.58. The highest BCUT2D eigenvalue weighted by Crippen LogP contribution is 2.43. The number of unbranched alkanes of at least 4 members (excludes halogenated alkanes) is 1. The molecule has 6 heteroatoms. The molecule has 2 aliphatic rings. The lowest BCUT2D eigenvalue weighted by Crippen LogP contribution is -2.41. The van der Waals surface area contributed by atoms with E-state index in [4.69, 9.17) is 0 Å². The van der Waals surface area contributed by atoms with E-state index in [1.807, 2.05) is 0 Å². The maximum atomic E-state index is 13.0. The van der Waals surface area contributed by atoms with E-state index in [0.29, 0.717) is 0 Å². The molecule has 0 unspecified atom stereocenters. The SMILES string of the molecule is CCCC[C@H]1CC[C@H]([C@H]2CC[C@H](CCc3ccc(OCC(F)(F)C(F)(F)F)cc3)CC2)CC1. The van der Waals surface area contributed by atoms with Crippen LogP contribution >= 0.6 is 0 Å². The Morgan fingerprint density at radius 1 is 0.758 bits per heavy atom. The standard InChI is InChI=1S/C27H39F5O/c1-2-3-4-20-7-13-23(14-8-20)24-15-9-21(10-16-24)5-6-22-11-17-25(18-12-22)33-19-26(28,29)27(30,31)32/h11-12,17-18,20-21,23-24H,2-10,13-16,19H2,1H3/t20-,21-,23-,24-. The summed E-state index contributed by atoms with van der Waals surface area (Å²) < 4.78 is 67.3. The van der Waals surface area contributed by atoms with Crippen molar-refractivity contribution in [3.05, 3.63) is 29.8 Å². The Kier molecular flexibility index (Phi) is 9.46. The molecule has 0 saturated heterocycles. The number of rotatable bonds is 10. The van der Waals surface area contributed by atoms with E-state index in [-0.39, 0.29) is 5.75 Å². The topological polar surface area (TPSA) is 9.23 Å². The van der Waals surface area contributed by atoms with Gasteiger partial charge in [-0.3, -0.25) is 0 Å². The van der Waals surface area contributed by atoms with Crippen LogP contribution in [0.1, 0.15) is 89.5 Å². The van der Waals surface area contributed by atoms with Crippen molar-refractivity contribution in [2.45, 2.75) is 102 Å². The first-order valence-electron chi connectivity index (χ1n) is 12.8. The quantitative estimate of drug-likeness (QED) is 0.307. The Labute approximate surface area is 195 Å². The fourth-order valence-corrected chi connectivity index (χ4v) is 5.77. The third-order valence-corrected chi connectivity index (χ3v) is 8.01. The van der Waals surface area contributed by atoms with Gasteiger partial charge in [0.15, 0.2) is 6.61 Å². The molecule has 0 radical (unpaired) electrons. The molecule has 0 spiro atoms. The molecular weight excluding hydrogens is 435 g/mol. The second-order valence-electron chi connectivity index (χ2n) is 10.4. The van der Waals surface area contributed by atoms with Crippen LogP contribution < -0.4 is 4.74 Å². The molecule has 1 nitrogen and oxygen atoms in total. The van der Waals surface area contributed by atoms with Gasteiger partial charge in [-0.15, -0.1) is 0 Å². The van der Waals surface area contributed by atoms with E-state index >= 15 is 0 Å². The minimum absolute atomic E-state index is 0.0348. The fourth-order valence-electron chi connectivity index (χ4n) is 5.77. The Morgan fingerprint density at radius 2 is 1.27 bits per heavy atom. The largest absolute Gasteiger partial charge is 0.487 e. The summed E-state index contributed by atoms with van der Waals surface area (Å²) in [5.41, 5.74) is 1.07. The number of alkyl halides is 5. The minimum atomic E-state index is -5.60. The van der Waals surface area contributed by atoms with E-state index in [9.17, 15) is 22.0 Å². The molecule has 0 atom stereocenters. The molecule has 0 aromatic heterocycles. The van der Waals surface area contributed by atoms with Gasteiger partial charge in [-0.05, 0) is 79.9 Å². The zero-order chi connectivity index (χ0) is 23.9. The van der Waals surface area contributed by atoms with Crippen molar-refractivity contribution in [3.8, 4) is 5.75 Å². The van der Waals surface area contributed by atoms with Crippen molar-refractivity contribution in [2.24, 2.45) is 23.7 Å². The van der Waals surface area contributed by atoms with Crippen LogP contribution in [0.5, 0.6) is 5.75 Å². The van der Waals surface area contributed by atoms with Gasteiger partial charge in [0.1, 0.15) is 5.75 Å². The van der Waals surface area contributed by atoms with Crippen molar-refractivity contribution >= 4 is 0 Å². The summed E-state index contributed by atoms with van der Waals surface area (Å²) in [6.07, 6.45) is 11.5. The van der Waals surface area contributed by atoms with E-state index < -0.39 is 18.7 Å². The number of halogens is 5. The van der Waals surface area contributed by atoms with E-state index in [2.05, 4.69) is 11.7 Å². The third kappa shape index (κ3) is 7.85. The monoisotopic (exact) mass is 474 g/mol. The van der Waals surface area contributed by atoms with Crippen LogP contribution in [0.25, 0.3) is 0 Å². The van der Waals surface area contributed by atoms with Crippen LogP contribution in [0.4, 0.5) is 22.0 Å². The number of aryl methyl sites for hydroxylation is 1. The van der Waals surface area contributed by atoms with Crippen molar-refractivity contribution in [1.82, 2.24) is 0 Å². The first-order valence-corrected chi connectivity index (χ1v) is 12.8. The molecule has 2 aliphatic carbocycles. The van der Waals surface area contributed by atoms with Crippen LogP contribution in [0.2, 0.25) is 0 Å². The van der Waals surface area contributed by atoms with Crippen molar-refractivity contribution in [2.75, 3.05) is 6.61 Å². The summed E-state index contributed by atoms with van der Waals surface area (Å²) in [5.74, 6) is -1.29. The maximum absolute atomic E-state index is 13.0. The molecule has 1 aromatic carbocycles. The molecule has 188 valence electrons. The Bertz CT molecular complexity index is 683. The number of hydrogen-bond donors (Lipinski definition) is 0. The molecule has 33 heavy (non-hydrogen) atoms. The first-order chi connectivity index (χ1) is 15.7. The Balaban J connectivity index is 1.34. The summed E-state index contributed by atoms with van der Waals surface area (Å²) in [6, 6.07) is 6.50. The van der Waals surface area contributed by atoms with Gasteiger partial charge in [0.05, 0.1) is 0 Å². The lowest BCUT2D eigenvalue weighted by molar-refractivity contribution is -0.290. The molecule has 0 aliphatic heterocycles. The highest BCUT2D eigenvalue weighted by molar-refractivity contribution is 5.27. The number of benzene rings is 1. The minimum Gasteiger partial charge on any atom is -0.487 e. The van der Waals surface area contributed by atoms with Gasteiger partial charge in [0, 0.05) is 0 Å². The highest BCUT2D eigenvalue weighted by atomic mass is 19.4. The van der Waals surface area contributed by atoms with Gasteiger partial charge >= 0.3 is 12.1 Å². The van der Waals surface area contributed by atoms with E-state index in [0.717, 1.165) is 42.1 Å². The van der Waals surface area contributed by atoms with Crippen LogP contribution in [-0.4, -0.2) is 18.7 Å². The van der Waals surface area contributed by atoms with E-state index in [1.165, 1.54) is 82.8 Å². The average Bonchev–Trinajstić information content (AvgIpc) is 2.81. The smallest absolute Gasteiger partial charge is 0.456 e. The fraction of sp³-hybridized carbons (Fsp3) is 0.778. The van der Waals surface area contributed by atoms with Gasteiger partial charge < -0.3 is 4.74 Å².